The minimum atomic E-state index is -0.501. The van der Waals surface area contributed by atoms with Crippen molar-refractivity contribution in [1.82, 2.24) is 19.7 Å². The number of benzene rings is 1. The fraction of sp³-hybridized carbons (Fsp3) is 0.333. The van der Waals surface area contributed by atoms with Gasteiger partial charge in [0, 0.05) is 18.3 Å². The van der Waals surface area contributed by atoms with Crippen LogP contribution in [0.15, 0.2) is 71.4 Å². The van der Waals surface area contributed by atoms with Crippen molar-refractivity contribution in [3.05, 3.63) is 83.5 Å². The lowest BCUT2D eigenvalue weighted by Crippen LogP contribution is -2.51. The van der Waals surface area contributed by atoms with Gasteiger partial charge in [0.15, 0.2) is 5.82 Å². The molecule has 4 heterocycles. The van der Waals surface area contributed by atoms with E-state index in [9.17, 15) is 9.18 Å². The number of fused-ring (bicyclic) bond motifs is 5. The third-order valence-corrected chi connectivity index (χ3v) is 8.13. The molecule has 4 aliphatic rings. The van der Waals surface area contributed by atoms with Gasteiger partial charge >= 0.3 is 0 Å². The third kappa shape index (κ3) is 4.04. The van der Waals surface area contributed by atoms with Gasteiger partial charge in [-0.1, -0.05) is 49.4 Å². The number of allylic oxidation sites excluding steroid dienone is 3. The van der Waals surface area contributed by atoms with Crippen LogP contribution in [0.4, 0.5) is 16.0 Å². The molecule has 0 spiro atoms. The molecule has 1 amide bonds. The summed E-state index contributed by atoms with van der Waals surface area (Å²) in [5, 5.41) is 8.59. The summed E-state index contributed by atoms with van der Waals surface area (Å²) < 4.78 is 15.5. The van der Waals surface area contributed by atoms with E-state index >= 15 is 0 Å². The molecule has 2 aliphatic heterocycles. The minimum absolute atomic E-state index is 0.102. The van der Waals surface area contributed by atoms with E-state index in [4.69, 9.17) is 10.1 Å². The summed E-state index contributed by atoms with van der Waals surface area (Å²) in [5.74, 6) is 1.95. The Labute approximate surface area is 226 Å². The zero-order chi connectivity index (χ0) is 26.7. The van der Waals surface area contributed by atoms with Gasteiger partial charge in [0.25, 0.3) is 5.91 Å². The monoisotopic (exact) mass is 523 g/mol. The molecule has 1 saturated carbocycles. The normalized spacial score (nSPS) is 23.4. The third-order valence-electron chi connectivity index (χ3n) is 8.13. The van der Waals surface area contributed by atoms with Gasteiger partial charge in [0.1, 0.15) is 11.4 Å². The highest BCUT2D eigenvalue weighted by Gasteiger charge is 2.49. The molecule has 2 aliphatic carbocycles. The molecule has 1 N–H and O–H groups in total. The van der Waals surface area contributed by atoms with E-state index in [-0.39, 0.29) is 18.0 Å². The standard InChI is InChI=1S/C30H30FN7O/c1-18-9-15-21(16-10-18)32-27-26-28(38-24-7-3-6-23(24)34-30(38)36(2)29(26)39)35-37(27)17-19-11-13-20(14-12-19)22-5-4-8-25(31)33-22/h4-5,8-9,11-16,18,23-24,32H,3,6-7,10,17H2,1-2H3/t18?,23-,24+/m1/s1. The van der Waals surface area contributed by atoms with Crippen LogP contribution in [0.2, 0.25) is 0 Å². The van der Waals surface area contributed by atoms with Crippen molar-refractivity contribution in [2.75, 3.05) is 17.3 Å². The number of carbonyl (C=O) groups excluding carboxylic acids is 1. The van der Waals surface area contributed by atoms with Crippen LogP contribution in [0, 0.1) is 11.9 Å². The van der Waals surface area contributed by atoms with E-state index in [0.29, 0.717) is 41.3 Å². The number of hydrogen-bond donors (Lipinski definition) is 1. The van der Waals surface area contributed by atoms with E-state index in [0.717, 1.165) is 42.5 Å². The lowest BCUT2D eigenvalue weighted by atomic mass is 10.0. The minimum Gasteiger partial charge on any atom is -0.340 e. The molecule has 0 radical (unpaired) electrons. The summed E-state index contributed by atoms with van der Waals surface area (Å²) in [7, 11) is 1.81. The molecular weight excluding hydrogens is 493 g/mol. The number of carbonyl (C=O) groups is 1. The highest BCUT2D eigenvalue weighted by atomic mass is 19.1. The Morgan fingerprint density at radius 1 is 1.13 bits per heavy atom. The maximum absolute atomic E-state index is 13.7. The van der Waals surface area contributed by atoms with Crippen LogP contribution in [0.3, 0.4) is 0 Å². The summed E-state index contributed by atoms with van der Waals surface area (Å²) in [6.07, 6.45) is 10.6. The molecule has 8 nitrogen and oxygen atoms in total. The molecule has 39 heavy (non-hydrogen) atoms. The second-order valence-corrected chi connectivity index (χ2v) is 10.8. The number of nitrogens with one attached hydrogen (secondary N) is 1. The van der Waals surface area contributed by atoms with Gasteiger partial charge in [-0.3, -0.25) is 14.6 Å². The predicted octanol–water partition coefficient (Wildman–Crippen LogP) is 5.21. The topological polar surface area (TPSA) is 78.7 Å². The fourth-order valence-electron chi connectivity index (χ4n) is 6.03. The Morgan fingerprint density at radius 2 is 1.97 bits per heavy atom. The number of rotatable bonds is 5. The first-order valence-corrected chi connectivity index (χ1v) is 13.6. The van der Waals surface area contributed by atoms with Crippen molar-refractivity contribution >= 4 is 23.5 Å². The van der Waals surface area contributed by atoms with Crippen LogP contribution in [-0.2, 0) is 6.54 Å². The van der Waals surface area contributed by atoms with Gasteiger partial charge in [0.05, 0.1) is 24.3 Å². The second-order valence-electron chi connectivity index (χ2n) is 10.8. The number of nitrogens with zero attached hydrogens (tertiary/aromatic N) is 6. The first kappa shape index (κ1) is 23.8. The predicted molar refractivity (Wildman–Crippen MR) is 149 cm³/mol. The van der Waals surface area contributed by atoms with Gasteiger partial charge in [-0.2, -0.15) is 9.49 Å². The summed E-state index contributed by atoms with van der Waals surface area (Å²) in [6.45, 7) is 2.65. The molecule has 1 unspecified atom stereocenters. The SMILES string of the molecule is CC1C=CC(Nc2c3c(nn2Cc2ccc(-c4cccc(F)n4)cc2)N2C(=N[C@@H]4CCC[C@@H]42)N(C)C3=O)=CC1. The van der Waals surface area contributed by atoms with Crippen LogP contribution >= 0.6 is 0 Å². The van der Waals surface area contributed by atoms with Gasteiger partial charge in [-0.25, -0.2) is 14.7 Å². The molecule has 198 valence electrons. The first-order valence-electron chi connectivity index (χ1n) is 13.6. The summed E-state index contributed by atoms with van der Waals surface area (Å²) in [5.41, 5.74) is 3.97. The number of halogens is 1. The van der Waals surface area contributed by atoms with Crippen LogP contribution in [-0.4, -0.2) is 50.7 Å². The van der Waals surface area contributed by atoms with Crippen molar-refractivity contribution in [3.8, 4) is 11.3 Å². The van der Waals surface area contributed by atoms with E-state index in [1.165, 1.54) is 6.07 Å². The molecule has 1 fully saturated rings. The van der Waals surface area contributed by atoms with Crippen molar-refractivity contribution in [2.45, 2.75) is 51.2 Å². The van der Waals surface area contributed by atoms with Gasteiger partial charge in [-0.05, 0) is 55.4 Å². The summed E-state index contributed by atoms with van der Waals surface area (Å²) in [4.78, 5) is 26.5. The van der Waals surface area contributed by atoms with Crippen LogP contribution in [0.25, 0.3) is 11.3 Å². The molecule has 1 aromatic carbocycles. The Bertz CT molecular complexity index is 1550. The quantitative estimate of drug-likeness (QED) is 0.465. The van der Waals surface area contributed by atoms with Crippen LogP contribution in [0.5, 0.6) is 0 Å². The molecule has 3 atom stereocenters. The number of guanidine groups is 1. The molecule has 0 bridgehead atoms. The Hall–Kier alpha value is -4.27. The number of aliphatic imine (C=N–C) groups is 1. The zero-order valence-electron chi connectivity index (χ0n) is 22.0. The molecular formula is C30H30FN7O. The fourth-order valence-corrected chi connectivity index (χ4v) is 6.03. The average Bonchev–Trinajstić information content (AvgIpc) is 3.63. The van der Waals surface area contributed by atoms with Crippen molar-refractivity contribution < 1.29 is 9.18 Å². The van der Waals surface area contributed by atoms with E-state index in [1.54, 1.807) is 24.1 Å². The van der Waals surface area contributed by atoms with E-state index in [1.807, 2.05) is 28.9 Å². The van der Waals surface area contributed by atoms with Crippen molar-refractivity contribution in [1.29, 1.82) is 0 Å². The van der Waals surface area contributed by atoms with Crippen molar-refractivity contribution in [2.24, 2.45) is 10.9 Å². The largest absolute Gasteiger partial charge is 0.340 e. The summed E-state index contributed by atoms with van der Waals surface area (Å²) in [6, 6.07) is 13.1. The lowest BCUT2D eigenvalue weighted by molar-refractivity contribution is 0.0866. The molecule has 3 aromatic rings. The maximum Gasteiger partial charge on any atom is 0.267 e. The van der Waals surface area contributed by atoms with Gasteiger partial charge in [-0.15, -0.1) is 0 Å². The van der Waals surface area contributed by atoms with Gasteiger partial charge in [0.2, 0.25) is 11.9 Å². The average molecular weight is 524 g/mol. The molecule has 7 rings (SSSR count). The Kier molecular flexibility index (Phi) is 5.61. The van der Waals surface area contributed by atoms with Crippen molar-refractivity contribution in [3.63, 3.8) is 0 Å². The number of amides is 1. The molecule has 0 saturated heterocycles. The molecule has 9 heteroatoms. The number of aromatic nitrogens is 3. The Morgan fingerprint density at radius 3 is 2.74 bits per heavy atom. The number of hydrogen-bond acceptors (Lipinski definition) is 6. The maximum atomic E-state index is 13.7. The number of anilines is 2. The highest BCUT2D eigenvalue weighted by Crippen LogP contribution is 2.42. The van der Waals surface area contributed by atoms with E-state index < -0.39 is 5.95 Å². The highest BCUT2D eigenvalue weighted by molar-refractivity contribution is 6.21. The van der Waals surface area contributed by atoms with Gasteiger partial charge < -0.3 is 5.32 Å². The van der Waals surface area contributed by atoms with E-state index in [2.05, 4.69) is 40.4 Å². The lowest BCUT2D eigenvalue weighted by Gasteiger charge is -2.34. The first-order chi connectivity index (χ1) is 19.0. The zero-order valence-corrected chi connectivity index (χ0v) is 22.0. The van der Waals surface area contributed by atoms with Crippen LogP contribution < -0.4 is 10.2 Å². The molecule has 2 aromatic heterocycles. The van der Waals surface area contributed by atoms with Crippen LogP contribution in [0.1, 0.15) is 48.5 Å². The Balaban J connectivity index is 1.28. The summed E-state index contributed by atoms with van der Waals surface area (Å²) >= 11 is 0. The second kappa shape index (κ2) is 9.18. The number of pyridine rings is 1. The smallest absolute Gasteiger partial charge is 0.267 e.